The number of aromatic amines is 1. The van der Waals surface area contributed by atoms with Crippen LogP contribution in [0, 0.1) is 0 Å². The third kappa shape index (κ3) is 2.16. The summed E-state index contributed by atoms with van der Waals surface area (Å²) in [5.74, 6) is 0.662. The summed E-state index contributed by atoms with van der Waals surface area (Å²) in [6.45, 7) is 0. The molecule has 0 radical (unpaired) electrons. The van der Waals surface area contributed by atoms with E-state index in [9.17, 15) is 4.79 Å². The van der Waals surface area contributed by atoms with E-state index in [1.54, 1.807) is 7.11 Å². The van der Waals surface area contributed by atoms with Crippen LogP contribution in [0.1, 0.15) is 48.0 Å². The number of nitrogens with one attached hydrogen (secondary N) is 2. The zero-order valence-electron chi connectivity index (χ0n) is 14.8. The fourth-order valence-electron chi connectivity index (χ4n) is 4.55. The second-order valence-corrected chi connectivity index (χ2v) is 7.31. The quantitative estimate of drug-likeness (QED) is 0.732. The molecule has 1 spiro atoms. The molecule has 3 heterocycles. The number of benzene rings is 1. The van der Waals surface area contributed by atoms with Gasteiger partial charge in [0.25, 0.3) is 5.91 Å². The van der Waals surface area contributed by atoms with E-state index >= 15 is 0 Å². The molecule has 1 aromatic carbocycles. The van der Waals surface area contributed by atoms with Crippen LogP contribution in [0.5, 0.6) is 5.88 Å². The molecule has 0 atom stereocenters. The van der Waals surface area contributed by atoms with Crippen molar-refractivity contribution in [1.82, 2.24) is 15.3 Å². The summed E-state index contributed by atoms with van der Waals surface area (Å²) in [5.41, 5.74) is 4.84. The van der Waals surface area contributed by atoms with Gasteiger partial charge < -0.3 is 15.0 Å². The van der Waals surface area contributed by atoms with Gasteiger partial charge in [0.1, 0.15) is 5.65 Å². The van der Waals surface area contributed by atoms with E-state index in [1.807, 2.05) is 30.5 Å². The molecule has 5 heteroatoms. The van der Waals surface area contributed by atoms with Crippen LogP contribution in [0.25, 0.3) is 22.2 Å². The second kappa shape index (κ2) is 5.59. The Morgan fingerprint density at radius 3 is 2.73 bits per heavy atom. The molecular weight excluding hydrogens is 326 g/mol. The Morgan fingerprint density at radius 2 is 1.92 bits per heavy atom. The number of rotatable bonds is 2. The van der Waals surface area contributed by atoms with Gasteiger partial charge in [-0.1, -0.05) is 25.3 Å². The molecule has 26 heavy (non-hydrogen) atoms. The molecule has 5 rings (SSSR count). The zero-order chi connectivity index (χ0) is 17.7. The Balaban J connectivity index is 1.64. The van der Waals surface area contributed by atoms with Crippen molar-refractivity contribution in [2.75, 3.05) is 7.11 Å². The van der Waals surface area contributed by atoms with Gasteiger partial charge in [0.05, 0.1) is 12.6 Å². The molecule has 3 aromatic rings. The molecule has 1 fully saturated rings. The number of pyridine rings is 1. The van der Waals surface area contributed by atoms with Gasteiger partial charge in [0.15, 0.2) is 0 Å². The number of aromatic nitrogens is 2. The summed E-state index contributed by atoms with van der Waals surface area (Å²) in [6, 6.07) is 10.1. The van der Waals surface area contributed by atoms with Crippen LogP contribution in [0.3, 0.4) is 0 Å². The number of methoxy groups -OCH3 is 1. The van der Waals surface area contributed by atoms with Gasteiger partial charge in [0.2, 0.25) is 5.88 Å². The van der Waals surface area contributed by atoms with Gasteiger partial charge >= 0.3 is 0 Å². The Morgan fingerprint density at radius 1 is 1.08 bits per heavy atom. The van der Waals surface area contributed by atoms with Gasteiger partial charge in [-0.3, -0.25) is 4.79 Å². The van der Waals surface area contributed by atoms with Crippen molar-refractivity contribution in [3.8, 4) is 17.0 Å². The lowest BCUT2D eigenvalue weighted by Crippen LogP contribution is -2.40. The molecule has 1 aliphatic carbocycles. The van der Waals surface area contributed by atoms with Crippen LogP contribution in [0.4, 0.5) is 0 Å². The van der Waals surface area contributed by atoms with Crippen molar-refractivity contribution in [2.24, 2.45) is 0 Å². The number of hydrogen-bond donors (Lipinski definition) is 2. The fourth-order valence-corrected chi connectivity index (χ4v) is 4.55. The molecule has 5 nitrogen and oxygen atoms in total. The van der Waals surface area contributed by atoms with Crippen LogP contribution in [-0.4, -0.2) is 23.0 Å². The molecule has 0 saturated heterocycles. The van der Waals surface area contributed by atoms with E-state index < -0.39 is 0 Å². The molecule has 0 bridgehead atoms. The topological polar surface area (TPSA) is 67.0 Å². The highest BCUT2D eigenvalue weighted by Crippen LogP contribution is 2.44. The highest BCUT2D eigenvalue weighted by molar-refractivity contribution is 6.01. The first-order valence-corrected chi connectivity index (χ1v) is 9.20. The summed E-state index contributed by atoms with van der Waals surface area (Å²) >= 11 is 0. The van der Waals surface area contributed by atoms with E-state index in [0.717, 1.165) is 46.1 Å². The predicted molar refractivity (Wildman–Crippen MR) is 100 cm³/mol. The van der Waals surface area contributed by atoms with Crippen molar-refractivity contribution in [3.05, 3.63) is 47.7 Å². The summed E-state index contributed by atoms with van der Waals surface area (Å²) in [4.78, 5) is 20.2. The highest BCUT2D eigenvalue weighted by Gasteiger charge is 2.43. The van der Waals surface area contributed by atoms with Crippen LogP contribution in [-0.2, 0) is 5.54 Å². The lowest BCUT2D eigenvalue weighted by Gasteiger charge is -2.34. The lowest BCUT2D eigenvalue weighted by molar-refractivity contribution is 0.0909. The number of amides is 1. The number of hydrogen-bond acceptors (Lipinski definition) is 3. The van der Waals surface area contributed by atoms with Gasteiger partial charge in [-0.2, -0.15) is 4.98 Å². The maximum Gasteiger partial charge on any atom is 0.252 e. The zero-order valence-corrected chi connectivity index (χ0v) is 14.8. The van der Waals surface area contributed by atoms with E-state index in [2.05, 4.69) is 21.4 Å². The maximum atomic E-state index is 12.5. The molecule has 2 aliphatic rings. The Labute approximate surface area is 151 Å². The first-order chi connectivity index (χ1) is 12.7. The SMILES string of the molecule is COc1ccc2c(-c3ccc4c(c3)C3(CCCCC3)NC4=O)c[nH]c2n1. The van der Waals surface area contributed by atoms with Crippen LogP contribution in [0.2, 0.25) is 0 Å². The summed E-state index contributed by atoms with van der Waals surface area (Å²) in [5, 5.41) is 4.34. The highest BCUT2D eigenvalue weighted by atomic mass is 16.5. The van der Waals surface area contributed by atoms with E-state index in [0.29, 0.717) is 5.88 Å². The van der Waals surface area contributed by atoms with Crippen molar-refractivity contribution in [2.45, 2.75) is 37.6 Å². The van der Waals surface area contributed by atoms with E-state index in [-0.39, 0.29) is 11.4 Å². The number of fused-ring (bicyclic) bond motifs is 3. The predicted octanol–water partition coefficient (Wildman–Crippen LogP) is 4.14. The first-order valence-electron chi connectivity index (χ1n) is 9.20. The van der Waals surface area contributed by atoms with Gasteiger partial charge in [0, 0.05) is 28.8 Å². The Hall–Kier alpha value is -2.82. The van der Waals surface area contributed by atoms with Crippen molar-refractivity contribution >= 4 is 16.9 Å². The third-order valence-corrected chi connectivity index (χ3v) is 5.87. The third-order valence-electron chi connectivity index (χ3n) is 5.87. The first kappa shape index (κ1) is 15.4. The largest absolute Gasteiger partial charge is 0.481 e. The molecule has 2 N–H and O–H groups in total. The minimum Gasteiger partial charge on any atom is -0.481 e. The number of H-pyrrole nitrogens is 1. The van der Waals surface area contributed by atoms with Crippen LogP contribution < -0.4 is 10.1 Å². The minimum absolute atomic E-state index is 0.0683. The molecule has 132 valence electrons. The molecular formula is C21H21N3O2. The second-order valence-electron chi connectivity index (χ2n) is 7.31. The summed E-state index contributed by atoms with van der Waals surface area (Å²) in [7, 11) is 1.62. The minimum atomic E-state index is -0.172. The van der Waals surface area contributed by atoms with Crippen molar-refractivity contribution < 1.29 is 9.53 Å². The van der Waals surface area contributed by atoms with Crippen molar-refractivity contribution in [3.63, 3.8) is 0 Å². The lowest BCUT2D eigenvalue weighted by atomic mass is 9.77. The maximum absolute atomic E-state index is 12.5. The molecule has 2 aromatic heterocycles. The van der Waals surface area contributed by atoms with Crippen LogP contribution in [0.15, 0.2) is 36.5 Å². The Bertz CT molecular complexity index is 1020. The normalized spacial score (nSPS) is 18.1. The molecule has 1 aliphatic heterocycles. The number of carbonyl (C=O) groups is 1. The average Bonchev–Trinajstić information content (AvgIpc) is 3.21. The number of nitrogens with zero attached hydrogens (tertiary/aromatic N) is 1. The molecule has 1 amide bonds. The van der Waals surface area contributed by atoms with Gasteiger partial charge in [-0.15, -0.1) is 0 Å². The van der Waals surface area contributed by atoms with E-state index in [1.165, 1.54) is 19.3 Å². The number of ether oxygens (including phenoxy) is 1. The summed E-state index contributed by atoms with van der Waals surface area (Å²) < 4.78 is 5.21. The van der Waals surface area contributed by atoms with E-state index in [4.69, 9.17) is 4.74 Å². The van der Waals surface area contributed by atoms with Crippen LogP contribution >= 0.6 is 0 Å². The molecule has 1 saturated carbocycles. The van der Waals surface area contributed by atoms with Crippen molar-refractivity contribution in [1.29, 1.82) is 0 Å². The smallest absolute Gasteiger partial charge is 0.252 e. The van der Waals surface area contributed by atoms with Gasteiger partial charge in [-0.25, -0.2) is 0 Å². The standard InChI is InChI=1S/C21H21N3O2/c1-26-18-8-7-14-16(12-22-19(14)23-18)13-5-6-15-17(11-13)21(24-20(15)25)9-3-2-4-10-21/h5-8,11-12H,2-4,9-10H2,1H3,(H,22,23)(H,24,25). The molecule has 0 unspecified atom stereocenters. The Kier molecular flexibility index (Phi) is 3.32. The number of carbonyl (C=O) groups excluding carboxylic acids is 1. The summed E-state index contributed by atoms with van der Waals surface area (Å²) in [6.07, 6.45) is 7.63. The van der Waals surface area contributed by atoms with Gasteiger partial charge in [-0.05, 0) is 42.2 Å². The monoisotopic (exact) mass is 347 g/mol. The average molecular weight is 347 g/mol. The fraction of sp³-hybridized carbons (Fsp3) is 0.333.